The van der Waals surface area contributed by atoms with E-state index in [9.17, 15) is 5.11 Å². The van der Waals surface area contributed by atoms with Crippen LogP contribution in [0.25, 0.3) is 0 Å². The van der Waals surface area contributed by atoms with Gasteiger partial charge in [0, 0.05) is 23.6 Å². The SMILES string of the molecule is Oc1ccc2c(c1)OCC21CCN(Cc2ccccc2)CC1. The van der Waals surface area contributed by atoms with Crippen molar-refractivity contribution in [3.63, 3.8) is 0 Å². The quantitative estimate of drug-likeness (QED) is 0.922. The van der Waals surface area contributed by atoms with Gasteiger partial charge in [0.2, 0.25) is 0 Å². The lowest BCUT2D eigenvalue weighted by molar-refractivity contribution is 0.130. The van der Waals surface area contributed by atoms with Crippen LogP contribution < -0.4 is 4.74 Å². The summed E-state index contributed by atoms with van der Waals surface area (Å²) in [5.41, 5.74) is 2.81. The van der Waals surface area contributed by atoms with Gasteiger partial charge in [0.25, 0.3) is 0 Å². The number of phenolic OH excluding ortho intramolecular Hbond substituents is 1. The predicted octanol–water partition coefficient (Wildman–Crippen LogP) is 3.32. The molecule has 2 heterocycles. The van der Waals surface area contributed by atoms with Crippen molar-refractivity contribution in [2.45, 2.75) is 24.8 Å². The van der Waals surface area contributed by atoms with E-state index in [4.69, 9.17) is 4.74 Å². The minimum Gasteiger partial charge on any atom is -0.508 e. The molecule has 4 rings (SSSR count). The average molecular weight is 295 g/mol. The summed E-state index contributed by atoms with van der Waals surface area (Å²) in [5, 5.41) is 9.60. The highest BCUT2D eigenvalue weighted by atomic mass is 16.5. The molecule has 0 unspecified atom stereocenters. The van der Waals surface area contributed by atoms with Crippen LogP contribution in [-0.4, -0.2) is 29.7 Å². The van der Waals surface area contributed by atoms with Crippen LogP contribution in [0.3, 0.4) is 0 Å². The van der Waals surface area contributed by atoms with Crippen LogP contribution in [0.2, 0.25) is 0 Å². The summed E-state index contributed by atoms with van der Waals surface area (Å²) in [6.07, 6.45) is 2.25. The molecule has 2 aromatic carbocycles. The minimum atomic E-state index is 0.149. The number of hydrogen-bond acceptors (Lipinski definition) is 3. The van der Waals surface area contributed by atoms with Gasteiger partial charge in [0.1, 0.15) is 11.5 Å². The lowest BCUT2D eigenvalue weighted by Gasteiger charge is -2.38. The number of piperidine rings is 1. The Hall–Kier alpha value is -2.00. The normalized spacial score (nSPS) is 19.8. The summed E-state index contributed by atoms with van der Waals surface area (Å²) in [6, 6.07) is 16.2. The summed E-state index contributed by atoms with van der Waals surface area (Å²) in [4.78, 5) is 2.53. The number of phenols is 1. The maximum Gasteiger partial charge on any atom is 0.126 e. The summed E-state index contributed by atoms with van der Waals surface area (Å²) < 4.78 is 5.85. The third-order valence-electron chi connectivity index (χ3n) is 5.10. The van der Waals surface area contributed by atoms with Crippen molar-refractivity contribution in [3.8, 4) is 11.5 Å². The van der Waals surface area contributed by atoms with Crippen LogP contribution in [-0.2, 0) is 12.0 Å². The average Bonchev–Trinajstić information content (AvgIpc) is 2.89. The molecule has 3 heteroatoms. The highest BCUT2D eigenvalue weighted by Crippen LogP contribution is 2.46. The molecular weight excluding hydrogens is 274 g/mol. The Balaban J connectivity index is 1.47. The molecule has 22 heavy (non-hydrogen) atoms. The van der Waals surface area contributed by atoms with Crippen molar-refractivity contribution in [1.82, 2.24) is 4.90 Å². The van der Waals surface area contributed by atoms with Gasteiger partial charge < -0.3 is 9.84 Å². The molecule has 114 valence electrons. The lowest BCUT2D eigenvalue weighted by atomic mass is 9.74. The predicted molar refractivity (Wildman–Crippen MR) is 86.2 cm³/mol. The fraction of sp³-hybridized carbons (Fsp3) is 0.368. The number of ether oxygens (including phenoxy) is 1. The van der Waals surface area contributed by atoms with E-state index in [1.165, 1.54) is 11.1 Å². The van der Waals surface area contributed by atoms with Crippen molar-refractivity contribution in [3.05, 3.63) is 59.7 Å². The first-order valence-corrected chi connectivity index (χ1v) is 7.98. The first-order valence-electron chi connectivity index (χ1n) is 7.98. The summed E-state index contributed by atoms with van der Waals surface area (Å²) in [5.74, 6) is 1.16. The molecule has 0 bridgehead atoms. The van der Waals surface area contributed by atoms with Crippen molar-refractivity contribution < 1.29 is 9.84 Å². The van der Waals surface area contributed by atoms with E-state index in [0.717, 1.165) is 44.8 Å². The first kappa shape index (κ1) is 13.6. The second-order valence-electron chi connectivity index (χ2n) is 6.51. The Morgan fingerprint density at radius 3 is 2.59 bits per heavy atom. The minimum absolute atomic E-state index is 0.149. The number of hydrogen-bond donors (Lipinski definition) is 1. The molecule has 0 aromatic heterocycles. The van der Waals surface area contributed by atoms with Crippen molar-refractivity contribution >= 4 is 0 Å². The highest BCUT2D eigenvalue weighted by molar-refractivity contribution is 5.48. The summed E-state index contributed by atoms with van der Waals surface area (Å²) in [7, 11) is 0. The molecule has 2 aromatic rings. The van der Waals surface area contributed by atoms with Gasteiger partial charge in [-0.25, -0.2) is 0 Å². The van der Waals surface area contributed by atoms with Gasteiger partial charge in [-0.2, -0.15) is 0 Å². The number of rotatable bonds is 2. The highest BCUT2D eigenvalue weighted by Gasteiger charge is 2.42. The van der Waals surface area contributed by atoms with Crippen LogP contribution in [0.5, 0.6) is 11.5 Å². The molecule has 0 saturated carbocycles. The van der Waals surface area contributed by atoms with Crippen molar-refractivity contribution in [2.75, 3.05) is 19.7 Å². The summed E-state index contributed by atoms with van der Waals surface area (Å²) >= 11 is 0. The third-order valence-corrected chi connectivity index (χ3v) is 5.10. The Morgan fingerprint density at radius 1 is 1.05 bits per heavy atom. The monoisotopic (exact) mass is 295 g/mol. The van der Waals surface area contributed by atoms with Gasteiger partial charge in [-0.05, 0) is 37.6 Å². The molecule has 1 spiro atoms. The molecule has 1 N–H and O–H groups in total. The van der Waals surface area contributed by atoms with Gasteiger partial charge in [0.15, 0.2) is 0 Å². The number of nitrogens with zero attached hydrogens (tertiary/aromatic N) is 1. The van der Waals surface area contributed by atoms with Gasteiger partial charge in [0.05, 0.1) is 6.61 Å². The van der Waals surface area contributed by atoms with Crippen LogP contribution in [0.4, 0.5) is 0 Å². The smallest absolute Gasteiger partial charge is 0.126 e. The van der Waals surface area contributed by atoms with Crippen LogP contribution in [0.15, 0.2) is 48.5 Å². The van der Waals surface area contributed by atoms with Crippen LogP contribution in [0, 0.1) is 0 Å². The standard InChI is InChI=1S/C19H21NO2/c21-16-6-7-17-18(12-16)22-14-19(17)8-10-20(11-9-19)13-15-4-2-1-3-5-15/h1-7,12,21H,8-11,13-14H2. The Bertz CT molecular complexity index is 660. The van der Waals surface area contributed by atoms with Crippen molar-refractivity contribution in [1.29, 1.82) is 0 Å². The molecule has 2 aliphatic rings. The van der Waals surface area contributed by atoms with Crippen LogP contribution in [0.1, 0.15) is 24.0 Å². The molecule has 0 aliphatic carbocycles. The van der Waals surface area contributed by atoms with Gasteiger partial charge in [-0.1, -0.05) is 36.4 Å². The number of benzene rings is 2. The summed E-state index contributed by atoms with van der Waals surface area (Å²) in [6.45, 7) is 3.97. The largest absolute Gasteiger partial charge is 0.508 e. The molecule has 0 atom stereocenters. The van der Waals surface area contributed by atoms with E-state index in [0.29, 0.717) is 0 Å². The van der Waals surface area contributed by atoms with E-state index in [2.05, 4.69) is 35.2 Å². The fourth-order valence-corrected chi connectivity index (χ4v) is 3.76. The Kier molecular flexibility index (Phi) is 3.30. The fourth-order valence-electron chi connectivity index (χ4n) is 3.76. The zero-order chi connectivity index (χ0) is 15.0. The number of aromatic hydroxyl groups is 1. The first-order chi connectivity index (χ1) is 10.8. The second kappa shape index (κ2) is 5.33. The number of fused-ring (bicyclic) bond motifs is 2. The zero-order valence-electron chi connectivity index (χ0n) is 12.7. The van der Waals surface area contributed by atoms with Gasteiger partial charge >= 0.3 is 0 Å². The molecule has 2 aliphatic heterocycles. The number of likely N-dealkylation sites (tertiary alicyclic amines) is 1. The molecule has 1 saturated heterocycles. The van der Waals surface area contributed by atoms with Gasteiger partial charge in [-0.3, -0.25) is 4.90 Å². The van der Waals surface area contributed by atoms with Gasteiger partial charge in [-0.15, -0.1) is 0 Å². The van der Waals surface area contributed by atoms with Crippen LogP contribution >= 0.6 is 0 Å². The van der Waals surface area contributed by atoms with E-state index >= 15 is 0 Å². The Morgan fingerprint density at radius 2 is 1.82 bits per heavy atom. The maximum atomic E-state index is 9.60. The zero-order valence-corrected chi connectivity index (χ0v) is 12.7. The molecule has 1 fully saturated rings. The Labute approximate surface area is 131 Å². The molecule has 0 amide bonds. The van der Waals surface area contributed by atoms with E-state index in [1.807, 2.05) is 6.07 Å². The third kappa shape index (κ3) is 2.35. The van der Waals surface area contributed by atoms with E-state index in [-0.39, 0.29) is 11.2 Å². The second-order valence-corrected chi connectivity index (χ2v) is 6.51. The lowest BCUT2D eigenvalue weighted by Crippen LogP contribution is -2.43. The molecule has 0 radical (unpaired) electrons. The molecular formula is C19H21NO2. The molecule has 3 nitrogen and oxygen atoms in total. The van der Waals surface area contributed by atoms with Crippen molar-refractivity contribution in [2.24, 2.45) is 0 Å². The maximum absolute atomic E-state index is 9.60. The van der Waals surface area contributed by atoms with E-state index in [1.54, 1.807) is 12.1 Å². The van der Waals surface area contributed by atoms with E-state index < -0.39 is 0 Å². The topological polar surface area (TPSA) is 32.7 Å².